The van der Waals surface area contributed by atoms with E-state index in [1.165, 1.54) is 4.31 Å². The zero-order chi connectivity index (χ0) is 21.3. The smallest absolute Gasteiger partial charge is 0.245 e. The number of likely N-dealkylation sites (N-methyl/N-ethyl adjacent to an activating group) is 1. The molecule has 164 valence electrons. The first-order valence-corrected chi connectivity index (χ1v) is 12.6. The minimum absolute atomic E-state index is 0.139. The average Bonchev–Trinajstić information content (AvgIpc) is 3.27. The van der Waals surface area contributed by atoms with Gasteiger partial charge in [-0.25, -0.2) is 8.42 Å². The van der Waals surface area contributed by atoms with Crippen molar-refractivity contribution >= 4 is 38.7 Å². The van der Waals surface area contributed by atoms with Crippen LogP contribution in [-0.4, -0.2) is 107 Å². The normalized spacial score (nSPS) is 21.2. The summed E-state index contributed by atoms with van der Waals surface area (Å²) in [5.41, 5.74) is 1.03. The number of hydrogen-bond donors (Lipinski definition) is 0. The van der Waals surface area contributed by atoms with Crippen LogP contribution in [0.15, 0.2) is 23.1 Å². The number of amides is 1. The van der Waals surface area contributed by atoms with Crippen LogP contribution in [0, 0.1) is 0 Å². The van der Waals surface area contributed by atoms with Crippen molar-refractivity contribution in [2.24, 2.45) is 0 Å². The lowest BCUT2D eigenvalue weighted by atomic mass is 10.2. The van der Waals surface area contributed by atoms with Crippen LogP contribution in [0.25, 0.3) is 11.0 Å². The second-order valence-corrected chi connectivity index (χ2v) is 10.2. The van der Waals surface area contributed by atoms with Gasteiger partial charge >= 0.3 is 0 Å². The number of rotatable bonds is 5. The van der Waals surface area contributed by atoms with Gasteiger partial charge in [0.15, 0.2) is 0 Å². The van der Waals surface area contributed by atoms with Gasteiger partial charge in [-0.1, -0.05) is 13.0 Å². The molecular weight excluding hydrogens is 424 g/mol. The molecule has 1 amide bonds. The van der Waals surface area contributed by atoms with Crippen LogP contribution in [0.2, 0.25) is 0 Å². The Bertz CT molecular complexity index is 995. The van der Waals surface area contributed by atoms with Crippen molar-refractivity contribution < 1.29 is 13.2 Å². The molecule has 1 aromatic heterocycles. The third-order valence-corrected chi connectivity index (χ3v) is 8.65. The maximum Gasteiger partial charge on any atom is 0.245 e. The number of aromatic nitrogens is 2. The summed E-state index contributed by atoms with van der Waals surface area (Å²) in [5, 5.41) is 0. The van der Waals surface area contributed by atoms with Gasteiger partial charge in [-0.2, -0.15) is 13.1 Å². The van der Waals surface area contributed by atoms with Crippen molar-refractivity contribution in [2.45, 2.75) is 24.8 Å². The van der Waals surface area contributed by atoms with Crippen LogP contribution in [-0.2, 0) is 14.8 Å². The molecule has 2 saturated heterocycles. The summed E-state index contributed by atoms with van der Waals surface area (Å²) < 4.78 is 36.2. The number of piperazine rings is 2. The van der Waals surface area contributed by atoms with E-state index in [1.807, 2.05) is 11.8 Å². The molecule has 0 radical (unpaired) electrons. The molecule has 0 spiro atoms. The van der Waals surface area contributed by atoms with Gasteiger partial charge in [0, 0.05) is 52.4 Å². The third kappa shape index (κ3) is 4.09. The van der Waals surface area contributed by atoms with Gasteiger partial charge in [0.2, 0.25) is 15.9 Å². The highest BCUT2D eigenvalue weighted by atomic mass is 32.2. The Hall–Kier alpha value is -1.66. The summed E-state index contributed by atoms with van der Waals surface area (Å²) in [6, 6.07) is 4.82. The molecule has 2 aromatic rings. The maximum absolute atomic E-state index is 13.2. The summed E-state index contributed by atoms with van der Waals surface area (Å²) in [5.74, 6) is 0.139. The number of hydrogen-bond acceptors (Lipinski definition) is 8. The Balaban J connectivity index is 1.39. The first-order chi connectivity index (χ1) is 14.4. The predicted molar refractivity (Wildman–Crippen MR) is 116 cm³/mol. The summed E-state index contributed by atoms with van der Waals surface area (Å²) in [4.78, 5) is 19.5. The first kappa shape index (κ1) is 21.6. The molecule has 30 heavy (non-hydrogen) atoms. The van der Waals surface area contributed by atoms with Crippen molar-refractivity contribution in [1.29, 1.82) is 0 Å². The van der Waals surface area contributed by atoms with Gasteiger partial charge in [-0.15, -0.1) is 0 Å². The number of carbonyl (C=O) groups is 1. The third-order valence-electron chi connectivity index (χ3n) is 6.18. The Morgan fingerprint density at radius 3 is 2.43 bits per heavy atom. The molecule has 3 heterocycles. The highest BCUT2D eigenvalue weighted by Crippen LogP contribution is 2.25. The molecule has 0 unspecified atom stereocenters. The molecule has 0 bridgehead atoms. The number of sulfonamides is 1. The standard InChI is InChI=1S/C19H28N6O3S2/c1-3-22-7-9-24(10-8-22)19(26)15(2)23-11-13-25(14-12-23)30(27,28)17-6-4-5-16-18(17)21-29-20-16/h4-6,15H,3,7-14H2,1-2H3/t15-/m0/s1. The average molecular weight is 453 g/mol. The molecule has 2 aliphatic rings. The molecule has 9 nitrogen and oxygen atoms in total. The number of benzene rings is 1. The molecular formula is C19H28N6O3S2. The zero-order valence-electron chi connectivity index (χ0n) is 17.4. The molecule has 4 rings (SSSR count). The van der Waals surface area contributed by atoms with Gasteiger partial charge in [0.1, 0.15) is 15.9 Å². The van der Waals surface area contributed by atoms with E-state index in [2.05, 4.69) is 25.5 Å². The van der Waals surface area contributed by atoms with Crippen LogP contribution in [0.4, 0.5) is 0 Å². The monoisotopic (exact) mass is 452 g/mol. The minimum atomic E-state index is -3.65. The second kappa shape index (κ2) is 8.83. The minimum Gasteiger partial charge on any atom is -0.339 e. The summed E-state index contributed by atoms with van der Waals surface area (Å²) >= 11 is 1.02. The Labute approximate surface area is 181 Å². The number of fused-ring (bicyclic) bond motifs is 1. The lowest BCUT2D eigenvalue weighted by Gasteiger charge is -2.40. The molecule has 0 saturated carbocycles. The van der Waals surface area contributed by atoms with Crippen molar-refractivity contribution in [3.63, 3.8) is 0 Å². The first-order valence-electron chi connectivity index (χ1n) is 10.4. The topological polar surface area (TPSA) is 90.0 Å². The van der Waals surface area contributed by atoms with E-state index in [0.717, 1.165) is 44.5 Å². The molecule has 1 aromatic carbocycles. The molecule has 0 N–H and O–H groups in total. The largest absolute Gasteiger partial charge is 0.339 e. The van der Waals surface area contributed by atoms with Crippen LogP contribution in [0.3, 0.4) is 0 Å². The molecule has 11 heteroatoms. The number of carbonyl (C=O) groups excluding carboxylic acids is 1. The van der Waals surface area contributed by atoms with Crippen molar-refractivity contribution in [2.75, 3.05) is 58.9 Å². The van der Waals surface area contributed by atoms with E-state index in [0.29, 0.717) is 37.2 Å². The van der Waals surface area contributed by atoms with Crippen LogP contribution in [0.1, 0.15) is 13.8 Å². The summed E-state index contributed by atoms with van der Waals surface area (Å²) in [7, 11) is -3.65. The Morgan fingerprint density at radius 1 is 1.07 bits per heavy atom. The van der Waals surface area contributed by atoms with Crippen LogP contribution in [0.5, 0.6) is 0 Å². The summed E-state index contributed by atoms with van der Waals surface area (Å²) in [6.07, 6.45) is 0. The Morgan fingerprint density at radius 2 is 1.77 bits per heavy atom. The maximum atomic E-state index is 13.2. The van der Waals surface area contributed by atoms with E-state index < -0.39 is 10.0 Å². The lowest BCUT2D eigenvalue weighted by Crippen LogP contribution is -2.57. The predicted octanol–water partition coefficient (Wildman–Crippen LogP) is 0.550. The van der Waals surface area contributed by atoms with Crippen LogP contribution >= 0.6 is 11.7 Å². The Kier molecular flexibility index (Phi) is 6.35. The second-order valence-electron chi connectivity index (χ2n) is 7.76. The fourth-order valence-corrected chi connectivity index (χ4v) is 6.34. The van der Waals surface area contributed by atoms with E-state index in [-0.39, 0.29) is 16.8 Å². The van der Waals surface area contributed by atoms with E-state index in [1.54, 1.807) is 18.2 Å². The van der Waals surface area contributed by atoms with Crippen LogP contribution < -0.4 is 0 Å². The van der Waals surface area contributed by atoms with E-state index in [9.17, 15) is 13.2 Å². The van der Waals surface area contributed by atoms with Gasteiger partial charge in [-0.05, 0) is 25.6 Å². The SMILES string of the molecule is CCN1CCN(C(=O)[C@H](C)N2CCN(S(=O)(=O)c3cccc4nsnc34)CC2)CC1. The fraction of sp³-hybridized carbons (Fsp3) is 0.632. The van der Waals surface area contributed by atoms with E-state index in [4.69, 9.17) is 0 Å². The van der Waals surface area contributed by atoms with Gasteiger partial charge < -0.3 is 9.80 Å². The molecule has 2 aliphatic heterocycles. The number of nitrogens with zero attached hydrogens (tertiary/aromatic N) is 6. The molecule has 0 aliphatic carbocycles. The molecule has 2 fully saturated rings. The lowest BCUT2D eigenvalue weighted by molar-refractivity contribution is -0.138. The van der Waals surface area contributed by atoms with Crippen molar-refractivity contribution in [1.82, 2.24) is 27.8 Å². The van der Waals surface area contributed by atoms with E-state index >= 15 is 0 Å². The highest BCUT2D eigenvalue weighted by Gasteiger charge is 2.34. The highest BCUT2D eigenvalue weighted by molar-refractivity contribution is 7.89. The van der Waals surface area contributed by atoms with Gasteiger partial charge in [-0.3, -0.25) is 9.69 Å². The van der Waals surface area contributed by atoms with Gasteiger partial charge in [0.25, 0.3) is 0 Å². The summed E-state index contributed by atoms with van der Waals surface area (Å²) in [6.45, 7) is 10.2. The van der Waals surface area contributed by atoms with Gasteiger partial charge in [0.05, 0.1) is 17.8 Å². The fourth-order valence-electron chi connectivity index (χ4n) is 4.16. The van der Waals surface area contributed by atoms with Crippen molar-refractivity contribution in [3.8, 4) is 0 Å². The zero-order valence-corrected chi connectivity index (χ0v) is 19.0. The van der Waals surface area contributed by atoms with Crippen molar-refractivity contribution in [3.05, 3.63) is 18.2 Å². The molecule has 1 atom stereocenters. The quantitative estimate of drug-likeness (QED) is 0.654.